The van der Waals surface area contributed by atoms with E-state index in [1.165, 1.54) is 12.1 Å². The van der Waals surface area contributed by atoms with Gasteiger partial charge in [-0.25, -0.2) is 9.78 Å². The SMILES string of the molecule is NCc1sc(-c2cccc(C(F)(F)F)c2)nc1C(=O)O. The van der Waals surface area contributed by atoms with Crippen LogP contribution >= 0.6 is 11.3 Å². The lowest BCUT2D eigenvalue weighted by molar-refractivity contribution is -0.137. The predicted octanol–water partition coefficient (Wildman–Crippen LogP) is 2.99. The first-order valence-corrected chi connectivity index (χ1v) is 6.25. The Balaban J connectivity index is 2.49. The van der Waals surface area contributed by atoms with E-state index in [0.717, 1.165) is 23.5 Å². The van der Waals surface area contributed by atoms with Crippen LogP contribution in [0.4, 0.5) is 13.2 Å². The summed E-state index contributed by atoms with van der Waals surface area (Å²) in [4.78, 5) is 15.1. The number of hydrogen-bond donors (Lipinski definition) is 2. The van der Waals surface area contributed by atoms with Crippen molar-refractivity contribution in [1.29, 1.82) is 0 Å². The predicted molar refractivity (Wildman–Crippen MR) is 67.4 cm³/mol. The molecule has 0 aliphatic carbocycles. The molecule has 2 aromatic rings. The number of hydrogen-bond acceptors (Lipinski definition) is 4. The number of carboxylic acid groups (broad SMARTS) is 1. The van der Waals surface area contributed by atoms with Crippen LogP contribution in [0.5, 0.6) is 0 Å². The molecule has 1 heterocycles. The van der Waals surface area contributed by atoms with Crippen molar-refractivity contribution in [3.8, 4) is 10.6 Å². The van der Waals surface area contributed by atoms with Gasteiger partial charge in [-0.3, -0.25) is 0 Å². The quantitative estimate of drug-likeness (QED) is 0.914. The van der Waals surface area contributed by atoms with Crippen molar-refractivity contribution in [3.05, 3.63) is 40.4 Å². The van der Waals surface area contributed by atoms with Gasteiger partial charge in [-0.2, -0.15) is 13.2 Å². The highest BCUT2D eigenvalue weighted by Gasteiger charge is 2.30. The maximum absolute atomic E-state index is 12.6. The molecular weight excluding hydrogens is 293 g/mol. The van der Waals surface area contributed by atoms with E-state index in [1.807, 2.05) is 0 Å². The Bertz CT molecular complexity index is 652. The van der Waals surface area contributed by atoms with Crippen LogP contribution in [-0.2, 0) is 12.7 Å². The van der Waals surface area contributed by atoms with Gasteiger partial charge in [0.2, 0.25) is 0 Å². The first kappa shape index (κ1) is 14.5. The normalized spacial score (nSPS) is 11.6. The van der Waals surface area contributed by atoms with Gasteiger partial charge in [-0.1, -0.05) is 12.1 Å². The third-order valence-electron chi connectivity index (χ3n) is 2.52. The zero-order valence-corrected chi connectivity index (χ0v) is 10.8. The van der Waals surface area contributed by atoms with Crippen molar-refractivity contribution < 1.29 is 23.1 Å². The maximum Gasteiger partial charge on any atom is 0.416 e. The second-order valence-corrected chi connectivity index (χ2v) is 4.96. The van der Waals surface area contributed by atoms with Crippen LogP contribution in [0.15, 0.2) is 24.3 Å². The van der Waals surface area contributed by atoms with Gasteiger partial charge in [-0.05, 0) is 12.1 Å². The Morgan fingerprint density at radius 1 is 1.40 bits per heavy atom. The summed E-state index contributed by atoms with van der Waals surface area (Å²) in [6.45, 7) is -0.0295. The number of nitrogens with two attached hydrogens (primary N) is 1. The van der Waals surface area contributed by atoms with Crippen LogP contribution < -0.4 is 5.73 Å². The molecule has 0 saturated heterocycles. The first-order chi connectivity index (χ1) is 9.32. The molecule has 0 fully saturated rings. The van der Waals surface area contributed by atoms with Crippen molar-refractivity contribution in [3.63, 3.8) is 0 Å². The lowest BCUT2D eigenvalue weighted by Crippen LogP contribution is -2.05. The molecule has 0 saturated carbocycles. The number of benzene rings is 1. The molecule has 8 heteroatoms. The molecule has 2 rings (SSSR count). The zero-order chi connectivity index (χ0) is 14.9. The molecule has 0 amide bonds. The van der Waals surface area contributed by atoms with E-state index in [-0.39, 0.29) is 22.8 Å². The number of nitrogens with zero attached hydrogens (tertiary/aromatic N) is 1. The van der Waals surface area contributed by atoms with E-state index >= 15 is 0 Å². The minimum atomic E-state index is -4.46. The Labute approximate surface area is 115 Å². The van der Waals surface area contributed by atoms with E-state index in [0.29, 0.717) is 4.88 Å². The van der Waals surface area contributed by atoms with Crippen molar-refractivity contribution in [2.24, 2.45) is 5.73 Å². The molecule has 1 aromatic carbocycles. The highest BCUT2D eigenvalue weighted by atomic mass is 32.1. The highest BCUT2D eigenvalue weighted by Crippen LogP contribution is 2.34. The van der Waals surface area contributed by atoms with Crippen LogP contribution in [0.2, 0.25) is 0 Å². The molecule has 0 atom stereocenters. The molecule has 0 aliphatic heterocycles. The molecule has 20 heavy (non-hydrogen) atoms. The number of alkyl halides is 3. The van der Waals surface area contributed by atoms with Gasteiger partial charge in [0.1, 0.15) is 5.01 Å². The average Bonchev–Trinajstić information content (AvgIpc) is 2.82. The highest BCUT2D eigenvalue weighted by molar-refractivity contribution is 7.15. The molecule has 0 bridgehead atoms. The van der Waals surface area contributed by atoms with Crippen LogP contribution in [-0.4, -0.2) is 16.1 Å². The Morgan fingerprint density at radius 3 is 2.60 bits per heavy atom. The summed E-state index contributed by atoms with van der Waals surface area (Å²) in [5.74, 6) is -1.25. The fraction of sp³-hybridized carbons (Fsp3) is 0.167. The Kier molecular flexibility index (Phi) is 3.78. The smallest absolute Gasteiger partial charge is 0.416 e. The Morgan fingerprint density at radius 2 is 2.10 bits per heavy atom. The number of rotatable bonds is 3. The van der Waals surface area contributed by atoms with Gasteiger partial charge in [0, 0.05) is 12.1 Å². The molecule has 0 unspecified atom stereocenters. The fourth-order valence-electron chi connectivity index (χ4n) is 1.61. The van der Waals surface area contributed by atoms with Crippen molar-refractivity contribution >= 4 is 17.3 Å². The van der Waals surface area contributed by atoms with Crippen LogP contribution in [0.1, 0.15) is 20.9 Å². The first-order valence-electron chi connectivity index (χ1n) is 5.43. The fourth-order valence-corrected chi connectivity index (χ4v) is 2.54. The molecule has 106 valence electrons. The second-order valence-electron chi connectivity index (χ2n) is 3.88. The standard InChI is InChI=1S/C12H9F3N2O2S/c13-12(14,15)7-3-1-2-6(4-7)10-17-9(11(18)19)8(5-16)20-10/h1-4H,5,16H2,(H,18,19). The summed E-state index contributed by atoms with van der Waals surface area (Å²) in [6, 6.07) is 4.58. The summed E-state index contributed by atoms with van der Waals surface area (Å²) in [6.07, 6.45) is -4.46. The number of halogens is 3. The number of thiazole rings is 1. The molecule has 0 aliphatic rings. The summed E-state index contributed by atoms with van der Waals surface area (Å²) in [5, 5.41) is 9.15. The third kappa shape index (κ3) is 2.81. The van der Waals surface area contributed by atoms with Crippen LogP contribution in [0.25, 0.3) is 10.6 Å². The number of aromatic nitrogens is 1. The average molecular weight is 302 g/mol. The summed E-state index contributed by atoms with van der Waals surface area (Å²) < 4.78 is 37.9. The summed E-state index contributed by atoms with van der Waals surface area (Å²) in [5.41, 5.74) is 4.59. The van der Waals surface area contributed by atoms with E-state index in [2.05, 4.69) is 4.98 Å². The molecule has 4 nitrogen and oxygen atoms in total. The number of carbonyl (C=O) groups is 1. The molecule has 3 N–H and O–H groups in total. The van der Waals surface area contributed by atoms with E-state index in [4.69, 9.17) is 10.8 Å². The Hall–Kier alpha value is -1.93. The number of carboxylic acids is 1. The lowest BCUT2D eigenvalue weighted by Gasteiger charge is -2.07. The monoisotopic (exact) mass is 302 g/mol. The van der Waals surface area contributed by atoms with Crippen molar-refractivity contribution in [1.82, 2.24) is 4.98 Å². The topological polar surface area (TPSA) is 76.2 Å². The van der Waals surface area contributed by atoms with E-state index in [1.54, 1.807) is 0 Å². The minimum Gasteiger partial charge on any atom is -0.476 e. The molecule has 0 radical (unpaired) electrons. The lowest BCUT2D eigenvalue weighted by atomic mass is 10.1. The van der Waals surface area contributed by atoms with Gasteiger partial charge < -0.3 is 10.8 Å². The van der Waals surface area contributed by atoms with Crippen LogP contribution in [0, 0.1) is 0 Å². The van der Waals surface area contributed by atoms with Crippen molar-refractivity contribution in [2.75, 3.05) is 0 Å². The minimum absolute atomic E-state index is 0.0295. The van der Waals surface area contributed by atoms with Gasteiger partial charge in [0.25, 0.3) is 0 Å². The summed E-state index contributed by atoms with van der Waals surface area (Å²) >= 11 is 0.976. The molecular formula is C12H9F3N2O2S. The van der Waals surface area contributed by atoms with E-state index in [9.17, 15) is 18.0 Å². The van der Waals surface area contributed by atoms with Crippen LogP contribution in [0.3, 0.4) is 0 Å². The third-order valence-corrected chi connectivity index (χ3v) is 3.65. The molecule has 0 spiro atoms. The van der Waals surface area contributed by atoms with Gasteiger partial charge in [0.05, 0.1) is 10.4 Å². The second kappa shape index (κ2) is 5.22. The van der Waals surface area contributed by atoms with Gasteiger partial charge in [-0.15, -0.1) is 11.3 Å². The largest absolute Gasteiger partial charge is 0.476 e. The van der Waals surface area contributed by atoms with Gasteiger partial charge in [0.15, 0.2) is 5.69 Å². The maximum atomic E-state index is 12.6. The summed E-state index contributed by atoms with van der Waals surface area (Å²) in [7, 11) is 0. The van der Waals surface area contributed by atoms with Crippen molar-refractivity contribution in [2.45, 2.75) is 12.7 Å². The number of aromatic carboxylic acids is 1. The van der Waals surface area contributed by atoms with Gasteiger partial charge >= 0.3 is 12.1 Å². The zero-order valence-electron chi connectivity index (χ0n) is 9.94. The molecule has 1 aromatic heterocycles. The van der Waals surface area contributed by atoms with E-state index < -0.39 is 17.7 Å².